The van der Waals surface area contributed by atoms with E-state index in [-0.39, 0.29) is 15.0 Å². The van der Waals surface area contributed by atoms with Gasteiger partial charge in [-0.25, -0.2) is 0 Å². The van der Waals surface area contributed by atoms with Gasteiger partial charge < -0.3 is 4.74 Å². The summed E-state index contributed by atoms with van der Waals surface area (Å²) in [6.07, 6.45) is 7.70. The highest BCUT2D eigenvalue weighted by molar-refractivity contribution is 14.1. The van der Waals surface area contributed by atoms with Crippen molar-refractivity contribution in [1.29, 1.82) is 0 Å². The first-order valence-corrected chi connectivity index (χ1v) is 9.86. The maximum absolute atomic E-state index is 12.6. The summed E-state index contributed by atoms with van der Waals surface area (Å²) in [5, 5.41) is 0. The second-order valence-corrected chi connectivity index (χ2v) is 10.9. The zero-order chi connectivity index (χ0) is 15.0. The molecule has 4 aliphatic rings. The molecule has 8 atom stereocenters. The van der Waals surface area contributed by atoms with Gasteiger partial charge in [0.25, 0.3) is 0 Å². The smallest absolute Gasteiger partial charge is 0.322 e. The topological polar surface area (TPSA) is 26.3 Å². The Labute approximate surface area is 141 Å². The van der Waals surface area contributed by atoms with Crippen LogP contribution in [0, 0.1) is 35.5 Å². The zero-order valence-corrected chi connectivity index (χ0v) is 15.6. The van der Waals surface area contributed by atoms with E-state index in [1.54, 1.807) is 0 Å². The van der Waals surface area contributed by atoms with Crippen molar-refractivity contribution in [3.8, 4) is 0 Å². The summed E-state index contributed by atoms with van der Waals surface area (Å²) in [5.74, 6) is 5.33. The summed E-state index contributed by atoms with van der Waals surface area (Å²) < 4.78 is 5.79. The standard InChI is InChI=1S/C18H27IO2/c1-4-17(2,19)16(20)21-18(3)9-12-8-13(18)15-11-6-5-10(7-11)14(12)15/h10-15H,4-9H2,1-3H3/t10?,11-,12?,13?,14?,15?,17?,18?/m1/s1. The van der Waals surface area contributed by atoms with E-state index >= 15 is 0 Å². The fourth-order valence-electron chi connectivity index (χ4n) is 6.44. The third kappa shape index (κ3) is 1.98. The van der Waals surface area contributed by atoms with Crippen molar-refractivity contribution >= 4 is 28.6 Å². The predicted molar refractivity (Wildman–Crippen MR) is 91.2 cm³/mol. The van der Waals surface area contributed by atoms with E-state index in [9.17, 15) is 4.79 Å². The molecule has 0 radical (unpaired) electrons. The van der Waals surface area contributed by atoms with Crippen molar-refractivity contribution in [3.05, 3.63) is 0 Å². The summed E-state index contributed by atoms with van der Waals surface area (Å²) in [6.45, 7) is 6.32. The maximum atomic E-state index is 12.6. The van der Waals surface area contributed by atoms with Crippen LogP contribution in [-0.4, -0.2) is 15.0 Å². The first-order valence-electron chi connectivity index (χ1n) is 8.78. The number of carbonyl (C=O) groups is 1. The van der Waals surface area contributed by atoms with Crippen molar-refractivity contribution in [2.75, 3.05) is 0 Å². The summed E-state index contributed by atoms with van der Waals surface area (Å²) in [5.41, 5.74) is -0.172. The van der Waals surface area contributed by atoms with Crippen molar-refractivity contribution in [2.24, 2.45) is 35.5 Å². The Kier molecular flexibility index (Phi) is 3.24. The first kappa shape index (κ1) is 14.8. The SMILES string of the molecule is CCC(C)(I)C(=O)OC1(C)CC2CC1C1C2C2CC[C@@H]1C2. The minimum atomic E-state index is -0.364. The highest BCUT2D eigenvalue weighted by atomic mass is 127. The zero-order valence-electron chi connectivity index (χ0n) is 13.4. The van der Waals surface area contributed by atoms with Gasteiger partial charge in [0, 0.05) is 5.92 Å². The van der Waals surface area contributed by atoms with Gasteiger partial charge in [0.15, 0.2) is 0 Å². The number of alkyl halides is 1. The van der Waals surface area contributed by atoms with Gasteiger partial charge in [-0.1, -0.05) is 29.5 Å². The molecule has 0 aromatic carbocycles. The molecule has 0 amide bonds. The third-order valence-electron chi connectivity index (χ3n) is 7.48. The molecule has 7 unspecified atom stereocenters. The van der Waals surface area contributed by atoms with Crippen LogP contribution in [-0.2, 0) is 9.53 Å². The maximum Gasteiger partial charge on any atom is 0.322 e. The first-order chi connectivity index (χ1) is 9.86. The number of fused-ring (bicyclic) bond motifs is 9. The molecule has 0 spiro atoms. The quantitative estimate of drug-likeness (QED) is 0.299. The third-order valence-corrected chi connectivity index (χ3v) is 8.68. The monoisotopic (exact) mass is 402 g/mol. The Balaban J connectivity index is 1.54. The van der Waals surface area contributed by atoms with Crippen LogP contribution in [0.5, 0.6) is 0 Å². The molecule has 0 aromatic heterocycles. The minimum absolute atomic E-state index is 0.0142. The van der Waals surface area contributed by atoms with E-state index in [0.29, 0.717) is 5.92 Å². The average Bonchev–Trinajstić information content (AvgIpc) is 3.14. The van der Waals surface area contributed by atoms with Crippen LogP contribution >= 0.6 is 22.6 Å². The lowest BCUT2D eigenvalue weighted by Crippen LogP contribution is -2.48. The van der Waals surface area contributed by atoms with Crippen molar-refractivity contribution < 1.29 is 9.53 Å². The number of halogens is 1. The van der Waals surface area contributed by atoms with Gasteiger partial charge in [0.05, 0.1) is 0 Å². The Bertz CT molecular complexity index is 474. The largest absolute Gasteiger partial charge is 0.458 e. The highest BCUT2D eigenvalue weighted by Gasteiger charge is 2.67. The molecule has 4 bridgehead atoms. The van der Waals surface area contributed by atoms with E-state index < -0.39 is 0 Å². The molecule has 0 aliphatic heterocycles. The van der Waals surface area contributed by atoms with E-state index in [4.69, 9.17) is 4.74 Å². The number of carbonyl (C=O) groups excluding carboxylic acids is 1. The van der Waals surface area contributed by atoms with Crippen molar-refractivity contribution in [2.45, 2.75) is 68.3 Å². The molecule has 3 heteroatoms. The molecule has 118 valence electrons. The van der Waals surface area contributed by atoms with E-state index in [2.05, 4.69) is 36.4 Å². The minimum Gasteiger partial charge on any atom is -0.458 e. The summed E-state index contributed by atoms with van der Waals surface area (Å²) in [4.78, 5) is 12.6. The Morgan fingerprint density at radius 1 is 1.24 bits per heavy atom. The summed E-state index contributed by atoms with van der Waals surface area (Å²) in [6, 6.07) is 0. The van der Waals surface area contributed by atoms with Crippen LogP contribution in [0.15, 0.2) is 0 Å². The average molecular weight is 402 g/mol. The number of rotatable bonds is 3. The molecule has 4 fully saturated rings. The fraction of sp³-hybridized carbons (Fsp3) is 0.944. The van der Waals surface area contributed by atoms with Gasteiger partial charge in [0.1, 0.15) is 9.02 Å². The van der Waals surface area contributed by atoms with Crippen LogP contribution in [0.1, 0.15) is 59.3 Å². The second kappa shape index (κ2) is 4.61. The molecule has 21 heavy (non-hydrogen) atoms. The molecule has 2 nitrogen and oxygen atoms in total. The van der Waals surface area contributed by atoms with Crippen LogP contribution in [0.2, 0.25) is 0 Å². The molecular weight excluding hydrogens is 375 g/mol. The summed E-state index contributed by atoms with van der Waals surface area (Å²) in [7, 11) is 0. The van der Waals surface area contributed by atoms with E-state index in [1.165, 1.54) is 25.7 Å². The second-order valence-electron chi connectivity index (χ2n) is 8.55. The van der Waals surface area contributed by atoms with Crippen LogP contribution in [0.25, 0.3) is 0 Å². The molecule has 0 heterocycles. The van der Waals surface area contributed by atoms with Crippen LogP contribution in [0.3, 0.4) is 0 Å². The normalized spacial score (nSPS) is 52.8. The molecule has 0 saturated heterocycles. The van der Waals surface area contributed by atoms with Gasteiger partial charge in [-0.2, -0.15) is 0 Å². The van der Waals surface area contributed by atoms with Gasteiger partial charge in [-0.15, -0.1) is 0 Å². The van der Waals surface area contributed by atoms with Crippen LogP contribution in [0.4, 0.5) is 0 Å². The molecular formula is C18H27IO2. The number of hydrogen-bond acceptors (Lipinski definition) is 2. The fourth-order valence-corrected chi connectivity index (χ4v) is 6.55. The lowest BCUT2D eigenvalue weighted by molar-refractivity contribution is -0.170. The molecule has 4 saturated carbocycles. The van der Waals surface area contributed by atoms with Crippen molar-refractivity contribution in [3.63, 3.8) is 0 Å². The summed E-state index contributed by atoms with van der Waals surface area (Å²) >= 11 is 2.26. The Hall–Kier alpha value is 0.200. The number of ether oxygens (including phenoxy) is 1. The Morgan fingerprint density at radius 3 is 2.57 bits per heavy atom. The lowest BCUT2D eigenvalue weighted by atomic mass is 9.66. The molecule has 4 rings (SSSR count). The molecule has 0 N–H and O–H groups in total. The number of hydrogen-bond donors (Lipinski definition) is 0. The van der Waals surface area contributed by atoms with Crippen LogP contribution < -0.4 is 0 Å². The van der Waals surface area contributed by atoms with Gasteiger partial charge in [-0.3, -0.25) is 4.79 Å². The van der Waals surface area contributed by atoms with E-state index in [0.717, 1.165) is 42.4 Å². The van der Waals surface area contributed by atoms with E-state index in [1.807, 2.05) is 6.92 Å². The molecule has 4 aliphatic carbocycles. The lowest BCUT2D eigenvalue weighted by Gasteiger charge is -2.44. The molecule has 0 aromatic rings. The predicted octanol–water partition coefficient (Wildman–Crippen LogP) is 4.59. The Morgan fingerprint density at radius 2 is 1.90 bits per heavy atom. The number of esters is 1. The highest BCUT2D eigenvalue weighted by Crippen LogP contribution is 2.70. The van der Waals surface area contributed by atoms with Crippen molar-refractivity contribution in [1.82, 2.24) is 0 Å². The van der Waals surface area contributed by atoms with Gasteiger partial charge in [0.2, 0.25) is 0 Å². The van der Waals surface area contributed by atoms with Gasteiger partial charge in [-0.05, 0) is 82.0 Å². The van der Waals surface area contributed by atoms with Gasteiger partial charge >= 0.3 is 5.97 Å².